The maximum Gasteiger partial charge on any atom is 0.223 e. The molecule has 1 amide bonds. The molecular formula is C14H22N2OS. The summed E-state index contributed by atoms with van der Waals surface area (Å²) in [6, 6.07) is 0. The number of nitrogens with one attached hydrogen (secondary N) is 1. The second-order valence-corrected chi connectivity index (χ2v) is 6.27. The van der Waals surface area contributed by atoms with E-state index in [0.29, 0.717) is 0 Å². The van der Waals surface area contributed by atoms with Crippen LogP contribution in [0.4, 0.5) is 0 Å². The molecule has 100 valence electrons. The van der Waals surface area contributed by atoms with E-state index >= 15 is 0 Å². The van der Waals surface area contributed by atoms with Crippen LogP contribution in [-0.2, 0) is 17.6 Å². The third-order valence-electron chi connectivity index (χ3n) is 3.64. The molecule has 0 saturated heterocycles. The molecule has 1 N–H and O–H groups in total. The first-order chi connectivity index (χ1) is 8.70. The van der Waals surface area contributed by atoms with Crippen molar-refractivity contribution in [1.29, 1.82) is 0 Å². The monoisotopic (exact) mass is 266 g/mol. The van der Waals surface area contributed by atoms with Crippen molar-refractivity contribution < 1.29 is 4.79 Å². The van der Waals surface area contributed by atoms with Gasteiger partial charge in [0.15, 0.2) is 0 Å². The van der Waals surface area contributed by atoms with Gasteiger partial charge in [-0.2, -0.15) is 0 Å². The first-order valence-corrected chi connectivity index (χ1v) is 7.75. The average Bonchev–Trinajstić information content (AvgIpc) is 2.98. The fourth-order valence-electron chi connectivity index (χ4n) is 2.55. The van der Waals surface area contributed by atoms with Crippen LogP contribution in [0.5, 0.6) is 0 Å². The van der Waals surface area contributed by atoms with E-state index in [4.69, 9.17) is 0 Å². The number of carbonyl (C=O) groups is 1. The molecule has 2 rings (SSSR count). The lowest BCUT2D eigenvalue weighted by atomic mass is 10.1. The van der Waals surface area contributed by atoms with Gasteiger partial charge in [0.25, 0.3) is 0 Å². The molecule has 1 fully saturated rings. The number of amides is 1. The molecule has 1 aliphatic carbocycles. The Kier molecular flexibility index (Phi) is 4.75. The highest BCUT2D eigenvalue weighted by Crippen LogP contribution is 2.24. The summed E-state index contributed by atoms with van der Waals surface area (Å²) in [6.07, 6.45) is 6.43. The Labute approximate surface area is 113 Å². The van der Waals surface area contributed by atoms with Crippen molar-refractivity contribution in [2.24, 2.45) is 5.92 Å². The highest BCUT2D eigenvalue weighted by atomic mass is 32.1. The van der Waals surface area contributed by atoms with Crippen LogP contribution >= 0.6 is 11.3 Å². The summed E-state index contributed by atoms with van der Waals surface area (Å²) in [7, 11) is 0. The summed E-state index contributed by atoms with van der Waals surface area (Å²) < 4.78 is 0. The van der Waals surface area contributed by atoms with Crippen molar-refractivity contribution in [2.45, 2.75) is 52.4 Å². The summed E-state index contributed by atoms with van der Waals surface area (Å²) in [4.78, 5) is 17.7. The first-order valence-electron chi connectivity index (χ1n) is 6.93. The molecule has 0 bridgehead atoms. The minimum Gasteiger partial charge on any atom is -0.355 e. The quantitative estimate of drug-likeness (QED) is 0.890. The predicted molar refractivity (Wildman–Crippen MR) is 74.9 cm³/mol. The van der Waals surface area contributed by atoms with Crippen LogP contribution in [0.2, 0.25) is 0 Å². The van der Waals surface area contributed by atoms with Gasteiger partial charge >= 0.3 is 0 Å². The van der Waals surface area contributed by atoms with Gasteiger partial charge in [-0.25, -0.2) is 4.98 Å². The lowest BCUT2D eigenvalue weighted by Gasteiger charge is -2.09. The summed E-state index contributed by atoms with van der Waals surface area (Å²) in [5.74, 6) is 0.519. The molecule has 1 saturated carbocycles. The number of aromatic nitrogens is 1. The summed E-state index contributed by atoms with van der Waals surface area (Å²) >= 11 is 1.76. The first kappa shape index (κ1) is 13.5. The SMILES string of the molecule is CCc1nc(CCNC(=O)C2CCCC2)sc1C. The number of hydrogen-bond donors (Lipinski definition) is 1. The molecule has 1 heterocycles. The molecule has 0 spiro atoms. The van der Waals surface area contributed by atoms with Crippen LogP contribution in [0.3, 0.4) is 0 Å². The largest absolute Gasteiger partial charge is 0.355 e. The Morgan fingerprint density at radius 3 is 2.78 bits per heavy atom. The molecule has 18 heavy (non-hydrogen) atoms. The highest BCUT2D eigenvalue weighted by Gasteiger charge is 2.22. The minimum atomic E-state index is 0.247. The lowest BCUT2D eigenvalue weighted by molar-refractivity contribution is -0.124. The Morgan fingerprint density at radius 1 is 1.44 bits per heavy atom. The second kappa shape index (κ2) is 6.32. The zero-order chi connectivity index (χ0) is 13.0. The highest BCUT2D eigenvalue weighted by molar-refractivity contribution is 7.11. The average molecular weight is 266 g/mol. The Morgan fingerprint density at radius 2 is 2.17 bits per heavy atom. The maximum atomic E-state index is 11.8. The Hall–Kier alpha value is -0.900. The standard InChI is InChI=1S/C14H22N2OS/c1-3-12-10(2)18-13(16-12)8-9-15-14(17)11-6-4-5-7-11/h11H,3-9H2,1-2H3,(H,15,17). The number of carbonyl (C=O) groups excluding carboxylic acids is 1. The van der Waals surface area contributed by atoms with E-state index in [1.54, 1.807) is 11.3 Å². The van der Waals surface area contributed by atoms with Crippen LogP contribution in [0.1, 0.15) is 48.2 Å². The van der Waals surface area contributed by atoms with Gasteiger partial charge in [-0.3, -0.25) is 4.79 Å². The maximum absolute atomic E-state index is 11.8. The molecule has 0 aromatic carbocycles. The Bertz CT molecular complexity index is 408. The molecule has 1 aromatic rings. The van der Waals surface area contributed by atoms with Gasteiger partial charge in [-0.05, 0) is 26.2 Å². The predicted octanol–water partition coefficient (Wildman–Crippen LogP) is 2.86. The molecule has 3 nitrogen and oxygen atoms in total. The van der Waals surface area contributed by atoms with E-state index < -0.39 is 0 Å². The van der Waals surface area contributed by atoms with Crippen LogP contribution < -0.4 is 5.32 Å². The third kappa shape index (κ3) is 3.31. The zero-order valence-corrected chi connectivity index (χ0v) is 12.1. The molecule has 1 aromatic heterocycles. The van der Waals surface area contributed by atoms with Gasteiger partial charge in [0, 0.05) is 23.8 Å². The van der Waals surface area contributed by atoms with Crippen molar-refractivity contribution in [3.8, 4) is 0 Å². The number of thiazole rings is 1. The summed E-state index contributed by atoms with van der Waals surface area (Å²) in [5, 5.41) is 4.20. The molecule has 0 aliphatic heterocycles. The van der Waals surface area contributed by atoms with Gasteiger partial charge in [0.05, 0.1) is 10.7 Å². The topological polar surface area (TPSA) is 42.0 Å². The van der Waals surface area contributed by atoms with E-state index in [-0.39, 0.29) is 11.8 Å². The fraction of sp³-hybridized carbons (Fsp3) is 0.714. The number of nitrogens with zero attached hydrogens (tertiary/aromatic N) is 1. The normalized spacial score (nSPS) is 16.1. The van der Waals surface area contributed by atoms with E-state index in [1.165, 1.54) is 23.4 Å². The van der Waals surface area contributed by atoms with E-state index in [1.807, 2.05) is 0 Å². The van der Waals surface area contributed by atoms with Gasteiger partial charge in [-0.1, -0.05) is 19.8 Å². The molecule has 4 heteroatoms. The lowest BCUT2D eigenvalue weighted by Crippen LogP contribution is -2.30. The van der Waals surface area contributed by atoms with E-state index in [9.17, 15) is 4.79 Å². The van der Waals surface area contributed by atoms with Crippen molar-refractivity contribution in [3.05, 3.63) is 15.6 Å². The molecule has 1 aliphatic rings. The van der Waals surface area contributed by atoms with Crippen molar-refractivity contribution in [2.75, 3.05) is 6.54 Å². The number of aryl methyl sites for hydroxylation is 2. The van der Waals surface area contributed by atoms with E-state index in [0.717, 1.165) is 37.2 Å². The zero-order valence-electron chi connectivity index (χ0n) is 11.3. The summed E-state index contributed by atoms with van der Waals surface area (Å²) in [5.41, 5.74) is 1.21. The second-order valence-electron chi connectivity index (χ2n) is 4.99. The van der Waals surface area contributed by atoms with Crippen LogP contribution in [0, 0.1) is 12.8 Å². The van der Waals surface area contributed by atoms with Gasteiger partial charge in [0.2, 0.25) is 5.91 Å². The smallest absolute Gasteiger partial charge is 0.223 e. The molecular weight excluding hydrogens is 244 g/mol. The van der Waals surface area contributed by atoms with Gasteiger partial charge in [-0.15, -0.1) is 11.3 Å². The van der Waals surface area contributed by atoms with Crippen LogP contribution in [-0.4, -0.2) is 17.4 Å². The fourth-order valence-corrected chi connectivity index (χ4v) is 3.57. The molecule has 0 atom stereocenters. The van der Waals surface area contributed by atoms with Gasteiger partial charge < -0.3 is 5.32 Å². The van der Waals surface area contributed by atoms with Crippen molar-refractivity contribution in [1.82, 2.24) is 10.3 Å². The Balaban J connectivity index is 1.75. The van der Waals surface area contributed by atoms with Crippen LogP contribution in [0.15, 0.2) is 0 Å². The molecule has 0 unspecified atom stereocenters. The van der Waals surface area contributed by atoms with E-state index in [2.05, 4.69) is 24.1 Å². The molecule has 0 radical (unpaired) electrons. The van der Waals surface area contributed by atoms with Crippen molar-refractivity contribution >= 4 is 17.2 Å². The van der Waals surface area contributed by atoms with Gasteiger partial charge in [0.1, 0.15) is 0 Å². The number of hydrogen-bond acceptors (Lipinski definition) is 3. The number of rotatable bonds is 5. The van der Waals surface area contributed by atoms with Crippen LogP contribution in [0.25, 0.3) is 0 Å². The third-order valence-corrected chi connectivity index (χ3v) is 4.71. The summed E-state index contributed by atoms with van der Waals surface area (Å²) in [6.45, 7) is 4.98. The van der Waals surface area contributed by atoms with Crippen molar-refractivity contribution in [3.63, 3.8) is 0 Å². The minimum absolute atomic E-state index is 0.247.